The largest absolute Gasteiger partial charge is 0.489 e. The Kier molecular flexibility index (Phi) is 7.93. The fourth-order valence-corrected chi connectivity index (χ4v) is 3.93. The summed E-state index contributed by atoms with van der Waals surface area (Å²) >= 11 is 1.77. The van der Waals surface area contributed by atoms with Gasteiger partial charge in [-0.25, -0.2) is 5.43 Å². The minimum absolute atomic E-state index is 0.240. The Labute approximate surface area is 198 Å². The molecule has 0 spiro atoms. The number of rotatable bonds is 9. The molecule has 1 N–H and O–H groups in total. The van der Waals surface area contributed by atoms with Crippen LogP contribution in [0.3, 0.4) is 0 Å². The van der Waals surface area contributed by atoms with Gasteiger partial charge in [-0.1, -0.05) is 60.7 Å². The summed E-state index contributed by atoms with van der Waals surface area (Å²) in [5, 5.41) is 4.07. The lowest BCUT2D eigenvalue weighted by Crippen LogP contribution is -2.17. The Balaban J connectivity index is 1.23. The molecule has 5 heteroatoms. The first-order chi connectivity index (χ1) is 16.3. The minimum Gasteiger partial charge on any atom is -0.489 e. The average molecular weight is 453 g/mol. The quantitative estimate of drug-likeness (QED) is 0.184. The van der Waals surface area contributed by atoms with Crippen LogP contribution in [0.5, 0.6) is 5.75 Å². The first kappa shape index (κ1) is 22.4. The Morgan fingerprint density at radius 2 is 1.45 bits per heavy atom. The van der Waals surface area contributed by atoms with Crippen LogP contribution in [0.2, 0.25) is 0 Å². The predicted octanol–water partition coefficient (Wildman–Crippen LogP) is 6.32. The highest BCUT2D eigenvalue weighted by Gasteiger charge is 2.04. The Hall–Kier alpha value is -3.83. The van der Waals surface area contributed by atoms with E-state index in [0.717, 1.165) is 22.6 Å². The van der Waals surface area contributed by atoms with Gasteiger partial charge in [-0.3, -0.25) is 4.79 Å². The van der Waals surface area contributed by atoms with Crippen molar-refractivity contribution in [3.8, 4) is 5.75 Å². The zero-order valence-electron chi connectivity index (χ0n) is 18.1. The van der Waals surface area contributed by atoms with Crippen LogP contribution in [0, 0.1) is 0 Å². The van der Waals surface area contributed by atoms with Crippen molar-refractivity contribution in [1.29, 1.82) is 0 Å². The van der Waals surface area contributed by atoms with Gasteiger partial charge in [-0.2, -0.15) is 5.10 Å². The maximum absolute atomic E-state index is 12.3. The molecule has 1 amide bonds. The summed E-state index contributed by atoms with van der Waals surface area (Å²) in [6.45, 7) is 0.522. The van der Waals surface area contributed by atoms with Gasteiger partial charge in [0.2, 0.25) is 0 Å². The normalized spacial score (nSPS) is 10.8. The molecular weight excluding hydrogens is 428 g/mol. The summed E-state index contributed by atoms with van der Waals surface area (Å²) in [4.78, 5) is 13.6. The molecular formula is C28H24N2O2S. The van der Waals surface area contributed by atoms with E-state index in [9.17, 15) is 4.79 Å². The van der Waals surface area contributed by atoms with Gasteiger partial charge >= 0.3 is 0 Å². The number of hydrazone groups is 1. The van der Waals surface area contributed by atoms with Crippen LogP contribution in [0.1, 0.15) is 27.0 Å². The minimum atomic E-state index is -0.240. The van der Waals surface area contributed by atoms with Gasteiger partial charge in [0.25, 0.3) is 5.91 Å². The molecule has 4 nitrogen and oxygen atoms in total. The van der Waals surface area contributed by atoms with Crippen molar-refractivity contribution in [1.82, 2.24) is 5.43 Å². The van der Waals surface area contributed by atoms with Crippen molar-refractivity contribution < 1.29 is 9.53 Å². The summed E-state index contributed by atoms with van der Waals surface area (Å²) in [5.74, 6) is 1.40. The van der Waals surface area contributed by atoms with Crippen LogP contribution in [0.4, 0.5) is 0 Å². The SMILES string of the molecule is O=C(N/N=C/c1ccc(OCc2ccccc2)cc1)c1ccc(CSc2ccccc2)cc1. The van der Waals surface area contributed by atoms with E-state index in [-0.39, 0.29) is 5.91 Å². The number of nitrogens with one attached hydrogen (secondary N) is 1. The zero-order chi connectivity index (χ0) is 22.7. The van der Waals surface area contributed by atoms with Crippen LogP contribution in [0.25, 0.3) is 0 Å². The molecule has 4 rings (SSSR count). The molecule has 0 atom stereocenters. The zero-order valence-corrected chi connectivity index (χ0v) is 18.9. The van der Waals surface area contributed by atoms with Gasteiger partial charge in [0.05, 0.1) is 6.21 Å². The smallest absolute Gasteiger partial charge is 0.271 e. The van der Waals surface area contributed by atoms with E-state index in [1.807, 2.05) is 97.1 Å². The van der Waals surface area contributed by atoms with Crippen LogP contribution < -0.4 is 10.2 Å². The summed E-state index contributed by atoms with van der Waals surface area (Å²) < 4.78 is 5.78. The van der Waals surface area contributed by atoms with Gasteiger partial charge < -0.3 is 4.74 Å². The molecule has 0 unspecified atom stereocenters. The molecule has 4 aromatic carbocycles. The van der Waals surface area contributed by atoms with Crippen molar-refractivity contribution in [2.75, 3.05) is 0 Å². The van der Waals surface area contributed by atoms with E-state index in [1.54, 1.807) is 18.0 Å². The summed E-state index contributed by atoms with van der Waals surface area (Å²) in [6.07, 6.45) is 1.61. The molecule has 0 aliphatic heterocycles. The third-order valence-corrected chi connectivity index (χ3v) is 5.96. The summed E-state index contributed by atoms with van der Waals surface area (Å²) in [5.41, 5.74) is 6.31. The number of hydrogen-bond acceptors (Lipinski definition) is 4. The van der Waals surface area contributed by atoms with Crippen molar-refractivity contribution in [3.63, 3.8) is 0 Å². The number of carbonyl (C=O) groups is 1. The second kappa shape index (κ2) is 11.7. The Bertz CT molecular complexity index is 1180. The monoisotopic (exact) mass is 452 g/mol. The first-order valence-corrected chi connectivity index (χ1v) is 11.6. The maximum atomic E-state index is 12.3. The van der Waals surface area contributed by atoms with E-state index in [2.05, 4.69) is 22.7 Å². The topological polar surface area (TPSA) is 50.7 Å². The van der Waals surface area contributed by atoms with E-state index < -0.39 is 0 Å². The van der Waals surface area contributed by atoms with Gasteiger partial charge in [-0.05, 0) is 65.2 Å². The van der Waals surface area contributed by atoms with Gasteiger partial charge in [0.1, 0.15) is 12.4 Å². The number of carbonyl (C=O) groups excluding carboxylic acids is 1. The molecule has 0 saturated carbocycles. The fraction of sp³-hybridized carbons (Fsp3) is 0.0714. The number of thioether (sulfide) groups is 1. The van der Waals surface area contributed by atoms with E-state index in [0.29, 0.717) is 12.2 Å². The van der Waals surface area contributed by atoms with Crippen molar-refractivity contribution in [3.05, 3.63) is 131 Å². The Morgan fingerprint density at radius 3 is 2.15 bits per heavy atom. The molecule has 4 aromatic rings. The lowest BCUT2D eigenvalue weighted by atomic mass is 10.1. The van der Waals surface area contributed by atoms with Crippen LogP contribution in [-0.4, -0.2) is 12.1 Å². The predicted molar refractivity (Wildman–Crippen MR) is 135 cm³/mol. The molecule has 0 bridgehead atoms. The first-order valence-electron chi connectivity index (χ1n) is 10.6. The van der Waals surface area contributed by atoms with Gasteiger partial charge in [0.15, 0.2) is 0 Å². The summed E-state index contributed by atoms with van der Waals surface area (Å²) in [7, 11) is 0. The highest BCUT2D eigenvalue weighted by molar-refractivity contribution is 7.98. The highest BCUT2D eigenvalue weighted by Crippen LogP contribution is 2.22. The number of amides is 1. The van der Waals surface area contributed by atoms with Crippen molar-refractivity contribution in [2.45, 2.75) is 17.3 Å². The van der Waals surface area contributed by atoms with Crippen LogP contribution in [-0.2, 0) is 12.4 Å². The molecule has 0 fully saturated rings. The fourth-order valence-electron chi connectivity index (χ4n) is 3.06. The number of benzene rings is 4. The second-order valence-corrected chi connectivity index (χ2v) is 8.39. The third-order valence-electron chi connectivity index (χ3n) is 4.87. The van der Waals surface area contributed by atoms with Crippen molar-refractivity contribution >= 4 is 23.9 Å². The molecule has 0 saturated heterocycles. The standard InChI is InChI=1S/C28H24N2O2S/c31-28(25-15-11-24(12-16-25)21-33-27-9-5-2-6-10-27)30-29-19-22-13-17-26(18-14-22)32-20-23-7-3-1-4-8-23/h1-19H,20-21H2,(H,30,31)/b29-19+. The van der Waals surface area contributed by atoms with Gasteiger partial charge in [-0.15, -0.1) is 11.8 Å². The lowest BCUT2D eigenvalue weighted by Gasteiger charge is -2.06. The molecule has 0 aromatic heterocycles. The lowest BCUT2D eigenvalue weighted by molar-refractivity contribution is 0.0955. The number of nitrogens with zero attached hydrogens (tertiary/aromatic N) is 1. The molecule has 0 aliphatic rings. The maximum Gasteiger partial charge on any atom is 0.271 e. The van der Waals surface area contributed by atoms with E-state index in [4.69, 9.17) is 4.74 Å². The van der Waals surface area contributed by atoms with Crippen LogP contribution >= 0.6 is 11.8 Å². The van der Waals surface area contributed by atoms with E-state index >= 15 is 0 Å². The Morgan fingerprint density at radius 1 is 0.788 bits per heavy atom. The molecule has 164 valence electrons. The average Bonchev–Trinajstić information content (AvgIpc) is 2.88. The summed E-state index contributed by atoms with van der Waals surface area (Å²) in [6, 6.07) is 35.5. The molecule has 0 heterocycles. The third kappa shape index (κ3) is 7.09. The van der Waals surface area contributed by atoms with Gasteiger partial charge in [0, 0.05) is 16.2 Å². The molecule has 0 radical (unpaired) electrons. The molecule has 0 aliphatic carbocycles. The highest BCUT2D eigenvalue weighted by atomic mass is 32.2. The second-order valence-electron chi connectivity index (χ2n) is 7.34. The van der Waals surface area contributed by atoms with Crippen LogP contribution in [0.15, 0.2) is 119 Å². The molecule has 33 heavy (non-hydrogen) atoms. The van der Waals surface area contributed by atoms with Crippen molar-refractivity contribution in [2.24, 2.45) is 5.10 Å². The van der Waals surface area contributed by atoms with E-state index in [1.165, 1.54) is 10.5 Å². The number of hydrogen-bond donors (Lipinski definition) is 1. The number of ether oxygens (including phenoxy) is 1.